The Labute approximate surface area is 94.0 Å². The average Bonchev–Trinajstić information content (AvgIpc) is 2.58. The second kappa shape index (κ2) is 5.66. The topological polar surface area (TPSA) is 43.4 Å². The van der Waals surface area contributed by atoms with Crippen molar-refractivity contribution in [1.29, 1.82) is 0 Å². The Hall–Kier alpha value is -2.16. The molecule has 1 heterocycles. The molecular formula is C13H12O3. The number of benzene rings is 1. The fourth-order valence-corrected chi connectivity index (χ4v) is 1.03. The van der Waals surface area contributed by atoms with Crippen LogP contribution in [0, 0.1) is 0 Å². The molecule has 0 N–H and O–H groups in total. The van der Waals surface area contributed by atoms with E-state index in [0.29, 0.717) is 5.57 Å². The van der Waals surface area contributed by atoms with E-state index < -0.39 is 11.9 Å². The molecule has 1 aliphatic rings. The van der Waals surface area contributed by atoms with Crippen LogP contribution in [0.5, 0.6) is 0 Å². The molecule has 0 spiro atoms. The molecule has 0 aromatic heterocycles. The minimum absolute atomic E-state index is 0.370. The molecule has 1 aliphatic heterocycles. The Morgan fingerprint density at radius 3 is 2.06 bits per heavy atom. The smallest absolute Gasteiger partial charge is 0.341 e. The van der Waals surface area contributed by atoms with E-state index in [0.717, 1.165) is 0 Å². The first kappa shape index (κ1) is 11.9. The highest BCUT2D eigenvalue weighted by molar-refractivity contribution is 6.08. The van der Waals surface area contributed by atoms with Crippen molar-refractivity contribution in [1.82, 2.24) is 0 Å². The number of esters is 2. The van der Waals surface area contributed by atoms with Crippen molar-refractivity contribution >= 4 is 18.0 Å². The molecule has 2 rings (SSSR count). The van der Waals surface area contributed by atoms with Crippen molar-refractivity contribution in [3.8, 4) is 0 Å². The van der Waals surface area contributed by atoms with Gasteiger partial charge < -0.3 is 4.74 Å². The lowest BCUT2D eigenvalue weighted by atomic mass is 10.2. The van der Waals surface area contributed by atoms with Crippen LogP contribution >= 0.6 is 0 Å². The predicted molar refractivity (Wildman–Crippen MR) is 61.4 cm³/mol. The molecule has 0 bridgehead atoms. The molecule has 1 aromatic rings. The lowest BCUT2D eigenvalue weighted by molar-refractivity contribution is -0.150. The molecule has 0 radical (unpaired) electrons. The summed E-state index contributed by atoms with van der Waals surface area (Å²) in [5.41, 5.74) is 1.54. The van der Waals surface area contributed by atoms with Crippen LogP contribution < -0.4 is 0 Å². The molecule has 0 saturated heterocycles. The molecule has 0 unspecified atom stereocenters. The van der Waals surface area contributed by atoms with Gasteiger partial charge in [-0.05, 0) is 12.5 Å². The van der Waals surface area contributed by atoms with Crippen LogP contribution in [0.1, 0.15) is 12.5 Å². The molecule has 0 amide bonds. The molecular weight excluding hydrogens is 204 g/mol. The summed E-state index contributed by atoms with van der Waals surface area (Å²) in [5, 5.41) is 0. The van der Waals surface area contributed by atoms with Crippen LogP contribution in [0.25, 0.3) is 6.08 Å². The number of carbonyl (C=O) groups excluding carboxylic acids is 2. The summed E-state index contributed by atoms with van der Waals surface area (Å²) < 4.78 is 4.10. The van der Waals surface area contributed by atoms with Crippen molar-refractivity contribution < 1.29 is 14.3 Å². The van der Waals surface area contributed by atoms with E-state index in [4.69, 9.17) is 0 Å². The Bertz CT molecular complexity index is 430. The summed E-state index contributed by atoms with van der Waals surface area (Å²) in [5.74, 6) is -1.09. The number of carbonyl (C=O) groups is 2. The van der Waals surface area contributed by atoms with Gasteiger partial charge >= 0.3 is 11.9 Å². The first-order chi connectivity index (χ1) is 7.63. The van der Waals surface area contributed by atoms with Crippen LogP contribution in [0.4, 0.5) is 0 Å². The minimum atomic E-state index is -0.562. The van der Waals surface area contributed by atoms with E-state index in [1.54, 1.807) is 0 Å². The summed E-state index contributed by atoms with van der Waals surface area (Å²) in [7, 11) is 0. The van der Waals surface area contributed by atoms with Gasteiger partial charge in [0, 0.05) is 11.6 Å². The van der Waals surface area contributed by atoms with Gasteiger partial charge in [0.2, 0.25) is 0 Å². The molecule has 82 valence electrons. The maximum Gasteiger partial charge on any atom is 0.341 e. The second-order valence-electron chi connectivity index (χ2n) is 3.15. The first-order valence-corrected chi connectivity index (χ1v) is 4.75. The largest absolute Gasteiger partial charge is 0.386 e. The van der Waals surface area contributed by atoms with Crippen molar-refractivity contribution in [2.24, 2.45) is 0 Å². The number of ether oxygens (including phenoxy) is 1. The van der Waals surface area contributed by atoms with Gasteiger partial charge in [-0.15, -0.1) is 0 Å². The molecule has 0 atom stereocenters. The summed E-state index contributed by atoms with van der Waals surface area (Å²) in [6.45, 7) is 5.17. The highest BCUT2D eigenvalue weighted by Crippen LogP contribution is 2.04. The zero-order chi connectivity index (χ0) is 12.0. The molecule has 3 heteroatoms. The van der Waals surface area contributed by atoms with E-state index >= 15 is 0 Å². The van der Waals surface area contributed by atoms with Gasteiger partial charge in [-0.2, -0.15) is 0 Å². The number of hydrogen-bond donors (Lipinski definition) is 0. The summed E-state index contributed by atoms with van der Waals surface area (Å²) >= 11 is 0. The SMILES string of the molecule is C=Cc1ccccc1.CC1=CC(=O)OC1=O. The van der Waals surface area contributed by atoms with Gasteiger partial charge in [-0.25, -0.2) is 9.59 Å². The number of cyclic esters (lactones) is 2. The summed E-state index contributed by atoms with van der Waals surface area (Å²) in [6, 6.07) is 10.0. The van der Waals surface area contributed by atoms with Crippen LogP contribution in [-0.2, 0) is 14.3 Å². The van der Waals surface area contributed by atoms with Crippen LogP contribution in [0.15, 0.2) is 48.6 Å². The monoisotopic (exact) mass is 216 g/mol. The number of hydrogen-bond acceptors (Lipinski definition) is 3. The zero-order valence-electron chi connectivity index (χ0n) is 8.97. The zero-order valence-corrected chi connectivity index (χ0v) is 8.97. The number of rotatable bonds is 1. The Morgan fingerprint density at radius 2 is 1.81 bits per heavy atom. The maximum absolute atomic E-state index is 10.3. The standard InChI is InChI=1S/C8H8.C5H4O3/c1-2-8-6-4-3-5-7-8;1-3-2-4(6)8-5(3)7/h2-7H,1H2;2H,1H3. The molecule has 0 saturated carbocycles. The normalized spacial score (nSPS) is 13.4. The van der Waals surface area contributed by atoms with E-state index in [1.807, 2.05) is 36.4 Å². The van der Waals surface area contributed by atoms with Gasteiger partial charge in [0.1, 0.15) is 0 Å². The highest BCUT2D eigenvalue weighted by Gasteiger charge is 2.18. The van der Waals surface area contributed by atoms with Gasteiger partial charge in [-0.3, -0.25) is 0 Å². The molecule has 16 heavy (non-hydrogen) atoms. The van der Waals surface area contributed by atoms with E-state index in [9.17, 15) is 9.59 Å². The van der Waals surface area contributed by atoms with E-state index in [1.165, 1.54) is 18.6 Å². The Morgan fingerprint density at radius 1 is 1.19 bits per heavy atom. The van der Waals surface area contributed by atoms with Gasteiger partial charge in [-0.1, -0.05) is 43.0 Å². The third-order valence-electron chi connectivity index (χ3n) is 1.88. The van der Waals surface area contributed by atoms with Crippen molar-refractivity contribution in [2.75, 3.05) is 0 Å². The predicted octanol–water partition coefficient (Wildman–Crippen LogP) is 2.35. The molecule has 0 aliphatic carbocycles. The fraction of sp³-hybridized carbons (Fsp3) is 0.0769. The minimum Gasteiger partial charge on any atom is -0.386 e. The highest BCUT2D eigenvalue weighted by atomic mass is 16.6. The molecule has 1 aromatic carbocycles. The first-order valence-electron chi connectivity index (χ1n) is 4.75. The van der Waals surface area contributed by atoms with Crippen LogP contribution in [0.2, 0.25) is 0 Å². The van der Waals surface area contributed by atoms with E-state index in [-0.39, 0.29) is 0 Å². The lowest BCUT2D eigenvalue weighted by Gasteiger charge is -1.85. The van der Waals surface area contributed by atoms with E-state index in [2.05, 4.69) is 11.3 Å². The summed E-state index contributed by atoms with van der Waals surface area (Å²) in [6.07, 6.45) is 3.00. The van der Waals surface area contributed by atoms with Gasteiger partial charge in [0.25, 0.3) is 0 Å². The lowest BCUT2D eigenvalue weighted by Crippen LogP contribution is -1.99. The third-order valence-corrected chi connectivity index (χ3v) is 1.88. The van der Waals surface area contributed by atoms with Gasteiger partial charge in [0.05, 0.1) is 0 Å². The molecule has 0 fully saturated rings. The van der Waals surface area contributed by atoms with Crippen LogP contribution in [0.3, 0.4) is 0 Å². The van der Waals surface area contributed by atoms with Crippen molar-refractivity contribution in [3.05, 3.63) is 54.1 Å². The summed E-state index contributed by atoms with van der Waals surface area (Å²) in [4.78, 5) is 20.4. The maximum atomic E-state index is 10.3. The quantitative estimate of drug-likeness (QED) is 0.534. The van der Waals surface area contributed by atoms with Gasteiger partial charge in [0.15, 0.2) is 0 Å². The molecule has 3 nitrogen and oxygen atoms in total. The van der Waals surface area contributed by atoms with Crippen molar-refractivity contribution in [2.45, 2.75) is 6.92 Å². The Kier molecular flexibility index (Phi) is 4.21. The average molecular weight is 216 g/mol. The fourth-order valence-electron chi connectivity index (χ4n) is 1.03. The third kappa shape index (κ3) is 3.53. The Balaban J connectivity index is 0.000000160. The van der Waals surface area contributed by atoms with Crippen LogP contribution in [-0.4, -0.2) is 11.9 Å². The second-order valence-corrected chi connectivity index (χ2v) is 3.15. The van der Waals surface area contributed by atoms with Crippen molar-refractivity contribution in [3.63, 3.8) is 0 Å².